The third-order valence-corrected chi connectivity index (χ3v) is 8.35. The predicted molar refractivity (Wildman–Crippen MR) is 150 cm³/mol. The van der Waals surface area contributed by atoms with E-state index in [1.54, 1.807) is 18.3 Å². The number of benzene rings is 2. The number of hydrogen-bond acceptors (Lipinski definition) is 3. The van der Waals surface area contributed by atoms with Crippen molar-refractivity contribution in [3.05, 3.63) is 125 Å². The zero-order valence-electron chi connectivity index (χ0n) is 22.2. The van der Waals surface area contributed by atoms with Crippen molar-refractivity contribution >= 4 is 5.91 Å². The Morgan fingerprint density at radius 2 is 1.90 bits per heavy atom. The van der Waals surface area contributed by atoms with Gasteiger partial charge in [0, 0.05) is 36.7 Å². The Hall–Kier alpha value is -4.06. The molecule has 6 heteroatoms. The zero-order chi connectivity index (χ0) is 26.8. The van der Waals surface area contributed by atoms with Crippen molar-refractivity contribution < 1.29 is 9.18 Å². The fourth-order valence-electron chi connectivity index (χ4n) is 6.45. The largest absolute Gasteiger partial charge is 0.349 e. The molecule has 2 heterocycles. The number of rotatable bonds is 8. The van der Waals surface area contributed by atoms with E-state index in [0.717, 1.165) is 42.5 Å². The topological polar surface area (TPSA) is 59.8 Å². The van der Waals surface area contributed by atoms with Gasteiger partial charge < -0.3 is 5.32 Å². The molecule has 2 aromatic carbocycles. The minimum atomic E-state index is -0.242. The Kier molecular flexibility index (Phi) is 7.10. The Bertz CT molecular complexity index is 1480. The Labute approximate surface area is 228 Å². The second kappa shape index (κ2) is 11.0. The minimum absolute atomic E-state index is 0.0417. The van der Waals surface area contributed by atoms with E-state index in [1.807, 2.05) is 47.4 Å². The standard InChI is InChI=1S/C33H33FN4O/c1-22-29-21-36-38(28-14-12-27(34)13-15-28)31(29)19-26-11-10-25(33(22)26)18-30(24-7-3-2-4-8-24)37-32(39)16-9-23-6-5-17-35-20-23/h2-8,12-15,17,20-22,25,30H,9-11,16,18-19H2,1H3,(H,37,39)/t22-,25+,30?/m0/s1. The molecule has 0 bridgehead atoms. The summed E-state index contributed by atoms with van der Waals surface area (Å²) in [5.74, 6) is 0.498. The van der Waals surface area contributed by atoms with Gasteiger partial charge >= 0.3 is 0 Å². The SMILES string of the molecule is C[C@@H]1C2=C(CC[C@@H]2CC(NC(=O)CCc2cccnc2)c2ccccc2)Cc2c1cnn2-c1ccc(F)cc1. The van der Waals surface area contributed by atoms with Gasteiger partial charge in [0.05, 0.1) is 23.6 Å². The van der Waals surface area contributed by atoms with E-state index in [0.29, 0.717) is 18.8 Å². The maximum absolute atomic E-state index is 13.5. The molecular formula is C33H33FN4O. The van der Waals surface area contributed by atoms with E-state index < -0.39 is 0 Å². The summed E-state index contributed by atoms with van der Waals surface area (Å²) in [6, 6.07) is 20.8. The van der Waals surface area contributed by atoms with Gasteiger partial charge in [-0.25, -0.2) is 9.07 Å². The van der Waals surface area contributed by atoms with E-state index in [2.05, 4.69) is 29.4 Å². The highest BCUT2D eigenvalue weighted by Crippen LogP contribution is 2.49. The summed E-state index contributed by atoms with van der Waals surface area (Å²) in [6.07, 6.45) is 10.6. The van der Waals surface area contributed by atoms with Crippen LogP contribution in [-0.2, 0) is 17.6 Å². The third kappa shape index (κ3) is 5.29. The summed E-state index contributed by atoms with van der Waals surface area (Å²) >= 11 is 0. The summed E-state index contributed by atoms with van der Waals surface area (Å²) in [6.45, 7) is 2.28. The third-order valence-electron chi connectivity index (χ3n) is 8.35. The number of carbonyl (C=O) groups is 1. The Balaban J connectivity index is 1.20. The summed E-state index contributed by atoms with van der Waals surface area (Å²) < 4.78 is 15.5. The van der Waals surface area contributed by atoms with Crippen LogP contribution in [0.1, 0.15) is 67.0 Å². The summed E-state index contributed by atoms with van der Waals surface area (Å²) in [7, 11) is 0. The first-order valence-corrected chi connectivity index (χ1v) is 13.8. The zero-order valence-corrected chi connectivity index (χ0v) is 22.2. The molecule has 2 aliphatic carbocycles. The number of aromatic nitrogens is 3. The molecule has 0 aliphatic heterocycles. The van der Waals surface area contributed by atoms with E-state index >= 15 is 0 Å². The maximum Gasteiger partial charge on any atom is 0.220 e. The van der Waals surface area contributed by atoms with Gasteiger partial charge in [0.2, 0.25) is 5.91 Å². The van der Waals surface area contributed by atoms with Gasteiger partial charge in [-0.05, 0) is 73.1 Å². The van der Waals surface area contributed by atoms with Gasteiger partial charge in [0.15, 0.2) is 0 Å². The predicted octanol–water partition coefficient (Wildman–Crippen LogP) is 6.65. The van der Waals surface area contributed by atoms with Crippen LogP contribution in [0.15, 0.2) is 96.5 Å². The van der Waals surface area contributed by atoms with Gasteiger partial charge in [0.1, 0.15) is 5.82 Å². The highest BCUT2D eigenvalue weighted by molar-refractivity contribution is 5.76. The number of carbonyl (C=O) groups excluding carboxylic acids is 1. The molecule has 0 fully saturated rings. The maximum atomic E-state index is 13.5. The molecule has 0 radical (unpaired) electrons. The average molecular weight is 521 g/mol. The van der Waals surface area contributed by atoms with E-state index in [1.165, 1.54) is 34.5 Å². The normalized spacial score (nSPS) is 18.9. The lowest BCUT2D eigenvalue weighted by atomic mass is 9.77. The molecule has 0 saturated carbocycles. The van der Waals surface area contributed by atoms with Crippen molar-refractivity contribution in [1.29, 1.82) is 0 Å². The monoisotopic (exact) mass is 520 g/mol. The molecule has 6 rings (SSSR count). The molecule has 0 spiro atoms. The van der Waals surface area contributed by atoms with Gasteiger partial charge in [-0.15, -0.1) is 0 Å². The number of allylic oxidation sites excluding steroid dienone is 2. The lowest BCUT2D eigenvalue weighted by Gasteiger charge is -2.30. The number of amides is 1. The molecule has 2 aliphatic rings. The number of nitrogens with one attached hydrogen (secondary N) is 1. The van der Waals surface area contributed by atoms with Crippen LogP contribution in [0.4, 0.5) is 4.39 Å². The number of hydrogen-bond donors (Lipinski definition) is 1. The molecule has 4 aromatic rings. The second-order valence-corrected chi connectivity index (χ2v) is 10.8. The lowest BCUT2D eigenvalue weighted by Crippen LogP contribution is -2.30. The highest BCUT2D eigenvalue weighted by atomic mass is 19.1. The number of halogens is 1. The minimum Gasteiger partial charge on any atom is -0.349 e. The van der Waals surface area contributed by atoms with E-state index in [9.17, 15) is 9.18 Å². The van der Waals surface area contributed by atoms with Crippen LogP contribution >= 0.6 is 0 Å². The van der Waals surface area contributed by atoms with Crippen molar-refractivity contribution in [2.45, 2.75) is 57.4 Å². The molecular weight excluding hydrogens is 487 g/mol. The molecule has 1 unspecified atom stereocenters. The van der Waals surface area contributed by atoms with Crippen LogP contribution in [0, 0.1) is 11.7 Å². The number of aryl methyl sites for hydroxylation is 1. The van der Waals surface area contributed by atoms with Crippen molar-refractivity contribution in [3.8, 4) is 5.69 Å². The first-order chi connectivity index (χ1) is 19.1. The first-order valence-electron chi connectivity index (χ1n) is 13.8. The molecule has 0 saturated heterocycles. The van der Waals surface area contributed by atoms with Crippen molar-refractivity contribution in [3.63, 3.8) is 0 Å². The Morgan fingerprint density at radius 1 is 1.08 bits per heavy atom. The van der Waals surface area contributed by atoms with Gasteiger partial charge in [0.25, 0.3) is 0 Å². The Morgan fingerprint density at radius 3 is 2.67 bits per heavy atom. The number of fused-ring (bicyclic) bond motifs is 1. The van der Waals surface area contributed by atoms with Crippen LogP contribution in [0.5, 0.6) is 0 Å². The van der Waals surface area contributed by atoms with Crippen LogP contribution < -0.4 is 5.32 Å². The molecule has 5 nitrogen and oxygen atoms in total. The van der Waals surface area contributed by atoms with Gasteiger partial charge in [-0.2, -0.15) is 5.10 Å². The van der Waals surface area contributed by atoms with Gasteiger partial charge in [-0.3, -0.25) is 9.78 Å². The molecule has 1 N–H and O–H groups in total. The molecule has 39 heavy (non-hydrogen) atoms. The fraction of sp³-hybridized carbons (Fsp3) is 0.303. The number of pyridine rings is 1. The highest BCUT2D eigenvalue weighted by Gasteiger charge is 2.37. The fourth-order valence-corrected chi connectivity index (χ4v) is 6.45. The van der Waals surface area contributed by atoms with Crippen LogP contribution in [0.25, 0.3) is 5.69 Å². The quantitative estimate of drug-likeness (QED) is 0.265. The number of nitrogens with zero attached hydrogens (tertiary/aromatic N) is 3. The molecule has 3 atom stereocenters. The van der Waals surface area contributed by atoms with Crippen LogP contribution in [0.2, 0.25) is 0 Å². The van der Waals surface area contributed by atoms with Crippen molar-refractivity contribution in [2.75, 3.05) is 0 Å². The van der Waals surface area contributed by atoms with Crippen molar-refractivity contribution in [1.82, 2.24) is 20.1 Å². The lowest BCUT2D eigenvalue weighted by molar-refractivity contribution is -0.121. The molecule has 198 valence electrons. The van der Waals surface area contributed by atoms with E-state index in [-0.39, 0.29) is 23.7 Å². The van der Waals surface area contributed by atoms with Crippen LogP contribution in [0.3, 0.4) is 0 Å². The smallest absolute Gasteiger partial charge is 0.220 e. The average Bonchev–Trinajstić information content (AvgIpc) is 3.58. The van der Waals surface area contributed by atoms with Crippen molar-refractivity contribution in [2.24, 2.45) is 5.92 Å². The summed E-state index contributed by atoms with van der Waals surface area (Å²) in [5.41, 5.74) is 8.59. The summed E-state index contributed by atoms with van der Waals surface area (Å²) in [5, 5.41) is 8.06. The molecule has 1 amide bonds. The molecule has 2 aromatic heterocycles. The van der Waals surface area contributed by atoms with Crippen LogP contribution in [-0.4, -0.2) is 20.7 Å². The first kappa shape index (κ1) is 25.2. The second-order valence-electron chi connectivity index (χ2n) is 10.8. The summed E-state index contributed by atoms with van der Waals surface area (Å²) in [4.78, 5) is 17.2. The van der Waals surface area contributed by atoms with Gasteiger partial charge in [-0.1, -0.05) is 54.5 Å². The van der Waals surface area contributed by atoms with E-state index in [4.69, 9.17) is 5.10 Å².